The first-order valence-corrected chi connectivity index (χ1v) is 12.2. The molecule has 8 nitrogen and oxygen atoms in total. The molecule has 0 aliphatic carbocycles. The van der Waals surface area contributed by atoms with E-state index in [9.17, 15) is 14.9 Å². The summed E-state index contributed by atoms with van der Waals surface area (Å²) in [5, 5.41) is 23.2. The third-order valence-electron chi connectivity index (χ3n) is 4.82. The highest BCUT2D eigenvalue weighted by atomic mass is 35.5. The van der Waals surface area contributed by atoms with E-state index in [1.165, 1.54) is 11.8 Å². The van der Waals surface area contributed by atoms with E-state index in [0.717, 1.165) is 23.4 Å². The Hall–Kier alpha value is -3.11. The van der Waals surface area contributed by atoms with Crippen LogP contribution in [0.1, 0.15) is 11.4 Å². The van der Waals surface area contributed by atoms with E-state index in [0.29, 0.717) is 22.4 Å². The highest BCUT2D eigenvalue weighted by Gasteiger charge is 2.19. The second kappa shape index (κ2) is 11.1. The van der Waals surface area contributed by atoms with Crippen molar-refractivity contribution in [2.45, 2.75) is 11.6 Å². The first-order chi connectivity index (χ1) is 16.8. The van der Waals surface area contributed by atoms with E-state index in [4.69, 9.17) is 34.8 Å². The number of aromatic nitrogens is 3. The first kappa shape index (κ1) is 25.0. The van der Waals surface area contributed by atoms with Crippen LogP contribution in [-0.4, -0.2) is 31.3 Å². The summed E-state index contributed by atoms with van der Waals surface area (Å²) in [5.41, 5.74) is 1.70. The number of carbonyl (C=O) groups is 1. The molecule has 1 N–H and O–H groups in total. The molecule has 0 bridgehead atoms. The minimum absolute atomic E-state index is 0.0271. The molecule has 0 atom stereocenters. The molecule has 0 radical (unpaired) electrons. The number of halogens is 3. The number of nitrogens with one attached hydrogen (secondary N) is 1. The van der Waals surface area contributed by atoms with E-state index in [1.807, 2.05) is 47.0 Å². The van der Waals surface area contributed by atoms with Gasteiger partial charge < -0.3 is 5.32 Å². The second-order valence-electron chi connectivity index (χ2n) is 7.25. The van der Waals surface area contributed by atoms with Crippen LogP contribution in [0.2, 0.25) is 15.1 Å². The number of rotatable bonds is 8. The number of nitro benzene ring substituents is 1. The normalized spacial score (nSPS) is 10.8. The van der Waals surface area contributed by atoms with Gasteiger partial charge >= 0.3 is 0 Å². The summed E-state index contributed by atoms with van der Waals surface area (Å²) in [6, 6.07) is 19.3. The van der Waals surface area contributed by atoms with Crippen molar-refractivity contribution >= 4 is 63.8 Å². The maximum Gasteiger partial charge on any atom is 0.272 e. The van der Waals surface area contributed by atoms with Crippen LogP contribution >= 0.6 is 46.6 Å². The lowest BCUT2D eigenvalue weighted by atomic mass is 10.1. The van der Waals surface area contributed by atoms with Crippen molar-refractivity contribution in [2.75, 3.05) is 11.1 Å². The Labute approximate surface area is 219 Å². The largest absolute Gasteiger partial charge is 0.323 e. The summed E-state index contributed by atoms with van der Waals surface area (Å²) in [6.45, 7) is 0. The van der Waals surface area contributed by atoms with Crippen LogP contribution in [0.15, 0.2) is 71.9 Å². The zero-order chi connectivity index (χ0) is 24.9. The standard InChI is InChI=1S/C23H16Cl3N5O3S/c24-15-6-8-16(9-7-15)30-20(10-14-4-2-1-3-5-14)28-29-23(30)35-13-21(32)27-22-18(25)11-17(31(33)34)12-19(22)26/h1-9,11-12H,10,13H2,(H,27,32). The summed E-state index contributed by atoms with van der Waals surface area (Å²) in [6.07, 6.45) is 0.539. The van der Waals surface area contributed by atoms with E-state index < -0.39 is 10.8 Å². The van der Waals surface area contributed by atoms with E-state index >= 15 is 0 Å². The third-order valence-corrected chi connectivity index (χ3v) is 6.60. The lowest BCUT2D eigenvalue weighted by Crippen LogP contribution is -2.15. The molecule has 1 amide bonds. The maximum absolute atomic E-state index is 12.6. The number of benzene rings is 3. The molecule has 4 rings (SSSR count). The average Bonchev–Trinajstić information content (AvgIpc) is 3.23. The van der Waals surface area contributed by atoms with Gasteiger partial charge in [-0.05, 0) is 29.8 Å². The van der Waals surface area contributed by atoms with Crippen LogP contribution in [0.25, 0.3) is 5.69 Å². The van der Waals surface area contributed by atoms with Gasteiger partial charge in [0.25, 0.3) is 5.69 Å². The van der Waals surface area contributed by atoms with Crippen LogP contribution in [0.3, 0.4) is 0 Å². The van der Waals surface area contributed by atoms with Crippen LogP contribution in [0.5, 0.6) is 0 Å². The smallest absolute Gasteiger partial charge is 0.272 e. The SMILES string of the molecule is O=C(CSc1nnc(Cc2ccccc2)n1-c1ccc(Cl)cc1)Nc1c(Cl)cc([N+](=O)[O-])cc1Cl. The van der Waals surface area contributed by atoms with Crippen LogP contribution in [-0.2, 0) is 11.2 Å². The van der Waals surface area contributed by atoms with Crippen LogP contribution in [0, 0.1) is 10.1 Å². The van der Waals surface area contributed by atoms with Crippen LogP contribution < -0.4 is 5.32 Å². The number of hydrogen-bond donors (Lipinski definition) is 1. The first-order valence-electron chi connectivity index (χ1n) is 10.1. The van der Waals surface area contributed by atoms with Crippen molar-refractivity contribution in [1.82, 2.24) is 14.8 Å². The van der Waals surface area contributed by atoms with Gasteiger partial charge in [-0.2, -0.15) is 0 Å². The predicted molar refractivity (Wildman–Crippen MR) is 138 cm³/mol. The van der Waals surface area contributed by atoms with Crippen molar-refractivity contribution < 1.29 is 9.72 Å². The molecule has 3 aromatic carbocycles. The maximum atomic E-state index is 12.6. The summed E-state index contributed by atoms with van der Waals surface area (Å²) in [5.74, 6) is 0.256. The lowest BCUT2D eigenvalue weighted by Gasteiger charge is -2.11. The van der Waals surface area contributed by atoms with Crippen LogP contribution in [0.4, 0.5) is 11.4 Å². The molecule has 0 fully saturated rings. The fraction of sp³-hybridized carbons (Fsp3) is 0.0870. The Balaban J connectivity index is 1.55. The second-order valence-corrected chi connectivity index (χ2v) is 9.44. The highest BCUT2D eigenvalue weighted by molar-refractivity contribution is 7.99. The van der Waals surface area contributed by atoms with E-state index in [1.54, 1.807) is 12.1 Å². The number of hydrogen-bond acceptors (Lipinski definition) is 6. The fourth-order valence-corrected chi connectivity index (χ4v) is 4.69. The Morgan fingerprint density at radius 2 is 1.66 bits per heavy atom. The molecule has 1 heterocycles. The molecule has 0 saturated heterocycles. The summed E-state index contributed by atoms with van der Waals surface area (Å²) >= 11 is 19.4. The fourth-order valence-electron chi connectivity index (χ4n) is 3.23. The van der Waals surface area contributed by atoms with Gasteiger partial charge in [-0.15, -0.1) is 10.2 Å². The average molecular weight is 549 g/mol. The molecule has 178 valence electrons. The molecule has 12 heteroatoms. The minimum Gasteiger partial charge on any atom is -0.323 e. The molecule has 0 aliphatic heterocycles. The molecular weight excluding hydrogens is 533 g/mol. The highest BCUT2D eigenvalue weighted by Crippen LogP contribution is 2.35. The van der Waals surface area contributed by atoms with Gasteiger partial charge in [-0.3, -0.25) is 19.5 Å². The number of nitrogens with zero attached hydrogens (tertiary/aromatic N) is 4. The summed E-state index contributed by atoms with van der Waals surface area (Å²) in [4.78, 5) is 23.0. The Kier molecular flexibility index (Phi) is 7.92. The number of carbonyl (C=O) groups excluding carboxylic acids is 1. The third kappa shape index (κ3) is 6.12. The van der Waals surface area contributed by atoms with Gasteiger partial charge in [-0.1, -0.05) is 76.9 Å². The zero-order valence-electron chi connectivity index (χ0n) is 17.8. The van der Waals surface area contributed by atoms with Gasteiger partial charge in [-0.25, -0.2) is 0 Å². The van der Waals surface area contributed by atoms with Crippen molar-refractivity contribution in [1.29, 1.82) is 0 Å². The molecule has 4 aromatic rings. The van der Waals surface area contributed by atoms with Crippen molar-refractivity contribution in [3.05, 3.63) is 103 Å². The minimum atomic E-state index is -0.615. The Bertz CT molecular complexity index is 1360. The monoisotopic (exact) mass is 547 g/mol. The van der Waals surface area contributed by atoms with Crippen molar-refractivity contribution in [2.24, 2.45) is 0 Å². The summed E-state index contributed by atoms with van der Waals surface area (Å²) < 4.78 is 1.87. The number of non-ortho nitro benzene ring substituents is 1. The molecule has 0 aliphatic rings. The van der Waals surface area contributed by atoms with Gasteiger partial charge in [0, 0.05) is 29.3 Å². The Morgan fingerprint density at radius 3 is 2.29 bits per heavy atom. The molecule has 35 heavy (non-hydrogen) atoms. The van der Waals surface area contributed by atoms with E-state index in [2.05, 4.69) is 15.5 Å². The molecule has 0 spiro atoms. The van der Waals surface area contributed by atoms with Gasteiger partial charge in [0.1, 0.15) is 5.82 Å². The van der Waals surface area contributed by atoms with Gasteiger partial charge in [0.05, 0.1) is 26.4 Å². The number of anilines is 1. The quantitative estimate of drug-likeness (QED) is 0.154. The van der Waals surface area contributed by atoms with Gasteiger partial charge in [0.15, 0.2) is 5.16 Å². The molecule has 1 aromatic heterocycles. The summed E-state index contributed by atoms with van der Waals surface area (Å²) in [7, 11) is 0. The molecular formula is C23H16Cl3N5O3S. The zero-order valence-corrected chi connectivity index (χ0v) is 20.9. The number of nitro groups is 1. The van der Waals surface area contributed by atoms with Gasteiger partial charge in [0.2, 0.25) is 5.91 Å². The molecule has 0 unspecified atom stereocenters. The number of amides is 1. The molecule has 0 saturated carbocycles. The van der Waals surface area contributed by atoms with E-state index in [-0.39, 0.29) is 27.2 Å². The predicted octanol–water partition coefficient (Wildman–Crippen LogP) is 6.46. The topological polar surface area (TPSA) is 103 Å². The lowest BCUT2D eigenvalue weighted by molar-refractivity contribution is -0.384. The number of thioether (sulfide) groups is 1. The van der Waals surface area contributed by atoms with Crippen molar-refractivity contribution in [3.8, 4) is 5.69 Å². The van der Waals surface area contributed by atoms with Crippen molar-refractivity contribution in [3.63, 3.8) is 0 Å². The Morgan fingerprint density at radius 1 is 1.00 bits per heavy atom.